The summed E-state index contributed by atoms with van der Waals surface area (Å²) >= 11 is 0. The Bertz CT molecular complexity index is 331. The third-order valence-corrected chi connectivity index (χ3v) is 1.93. The minimum absolute atomic E-state index is 0.110. The van der Waals surface area contributed by atoms with Crippen molar-refractivity contribution in [1.29, 1.82) is 0 Å². The van der Waals surface area contributed by atoms with E-state index in [2.05, 4.69) is 15.3 Å². The summed E-state index contributed by atoms with van der Waals surface area (Å²) in [4.78, 5) is 8.40. The monoisotopic (exact) mass is 239 g/mol. The molecular weight excluding hydrogens is 218 g/mol. The Hall–Kier alpha value is -1.36. The van der Waals surface area contributed by atoms with E-state index in [0.29, 0.717) is 25.0 Å². The van der Waals surface area contributed by atoms with E-state index in [1.165, 1.54) is 0 Å². The molecular formula is C12H21N3O2. The van der Waals surface area contributed by atoms with Gasteiger partial charge in [-0.25, -0.2) is 4.98 Å². The molecule has 0 saturated heterocycles. The SMILES string of the molecule is CCOCC(C)Nc1nccc(OC(C)C)n1. The summed E-state index contributed by atoms with van der Waals surface area (Å²) in [6.45, 7) is 9.27. The fourth-order valence-electron chi connectivity index (χ4n) is 1.28. The first-order valence-corrected chi connectivity index (χ1v) is 5.95. The molecule has 1 aromatic heterocycles. The van der Waals surface area contributed by atoms with Crippen molar-refractivity contribution in [2.75, 3.05) is 18.5 Å². The highest BCUT2D eigenvalue weighted by Gasteiger charge is 2.06. The van der Waals surface area contributed by atoms with Crippen LogP contribution in [0.25, 0.3) is 0 Å². The van der Waals surface area contributed by atoms with Crippen molar-refractivity contribution in [3.05, 3.63) is 12.3 Å². The molecule has 0 bridgehead atoms. The second-order valence-electron chi connectivity index (χ2n) is 4.09. The van der Waals surface area contributed by atoms with Crippen LogP contribution < -0.4 is 10.1 Å². The van der Waals surface area contributed by atoms with Gasteiger partial charge in [-0.05, 0) is 27.7 Å². The van der Waals surface area contributed by atoms with E-state index in [4.69, 9.17) is 9.47 Å². The fourth-order valence-corrected chi connectivity index (χ4v) is 1.28. The highest BCUT2D eigenvalue weighted by atomic mass is 16.5. The predicted molar refractivity (Wildman–Crippen MR) is 67.4 cm³/mol. The van der Waals surface area contributed by atoms with Crippen molar-refractivity contribution in [3.63, 3.8) is 0 Å². The summed E-state index contributed by atoms with van der Waals surface area (Å²) in [6.07, 6.45) is 1.79. The predicted octanol–water partition coefficient (Wildman–Crippen LogP) is 2.10. The molecule has 1 unspecified atom stereocenters. The molecule has 0 aliphatic heterocycles. The Morgan fingerprint density at radius 3 is 2.76 bits per heavy atom. The molecule has 1 aromatic rings. The fraction of sp³-hybridized carbons (Fsp3) is 0.667. The Labute approximate surface area is 103 Å². The summed E-state index contributed by atoms with van der Waals surface area (Å²) in [6, 6.07) is 1.92. The van der Waals surface area contributed by atoms with Gasteiger partial charge in [0.05, 0.1) is 12.7 Å². The molecule has 5 nitrogen and oxygen atoms in total. The normalized spacial score (nSPS) is 12.5. The van der Waals surface area contributed by atoms with Crippen LogP contribution in [-0.2, 0) is 4.74 Å². The standard InChI is InChI=1S/C12H21N3O2/c1-5-16-8-10(4)14-12-13-7-6-11(15-12)17-9(2)3/h6-7,9-10H,5,8H2,1-4H3,(H,13,14,15). The van der Waals surface area contributed by atoms with Gasteiger partial charge in [-0.3, -0.25) is 0 Å². The molecule has 1 atom stereocenters. The van der Waals surface area contributed by atoms with E-state index in [0.717, 1.165) is 0 Å². The van der Waals surface area contributed by atoms with Crippen molar-refractivity contribution in [1.82, 2.24) is 9.97 Å². The van der Waals surface area contributed by atoms with Crippen molar-refractivity contribution >= 4 is 5.95 Å². The van der Waals surface area contributed by atoms with E-state index in [-0.39, 0.29) is 12.1 Å². The van der Waals surface area contributed by atoms with Crippen molar-refractivity contribution in [2.24, 2.45) is 0 Å². The topological polar surface area (TPSA) is 56.3 Å². The quantitative estimate of drug-likeness (QED) is 0.789. The van der Waals surface area contributed by atoms with Crippen LogP contribution in [0.3, 0.4) is 0 Å². The average molecular weight is 239 g/mol. The highest BCUT2D eigenvalue weighted by Crippen LogP contribution is 2.10. The summed E-state index contributed by atoms with van der Waals surface area (Å²) in [5.74, 6) is 1.15. The number of hydrogen-bond acceptors (Lipinski definition) is 5. The highest BCUT2D eigenvalue weighted by molar-refractivity contribution is 5.28. The van der Waals surface area contributed by atoms with Crippen LogP contribution in [0.5, 0.6) is 5.88 Å². The largest absolute Gasteiger partial charge is 0.475 e. The number of nitrogens with zero attached hydrogens (tertiary/aromatic N) is 2. The first kappa shape index (κ1) is 13.7. The molecule has 0 amide bonds. The Morgan fingerprint density at radius 2 is 2.12 bits per heavy atom. The second-order valence-corrected chi connectivity index (χ2v) is 4.09. The number of aromatic nitrogens is 2. The van der Waals surface area contributed by atoms with Crippen LogP contribution in [0.4, 0.5) is 5.95 Å². The van der Waals surface area contributed by atoms with Crippen molar-refractivity contribution in [3.8, 4) is 5.88 Å². The van der Waals surface area contributed by atoms with Crippen molar-refractivity contribution in [2.45, 2.75) is 39.8 Å². The molecule has 17 heavy (non-hydrogen) atoms. The number of anilines is 1. The lowest BCUT2D eigenvalue weighted by Gasteiger charge is -2.14. The molecule has 96 valence electrons. The van der Waals surface area contributed by atoms with Gasteiger partial charge in [-0.1, -0.05) is 0 Å². The minimum Gasteiger partial charge on any atom is -0.475 e. The van der Waals surface area contributed by atoms with Gasteiger partial charge >= 0.3 is 0 Å². The summed E-state index contributed by atoms with van der Waals surface area (Å²) in [7, 11) is 0. The molecule has 1 N–H and O–H groups in total. The van der Waals surface area contributed by atoms with Gasteiger partial charge in [0.1, 0.15) is 0 Å². The third-order valence-electron chi connectivity index (χ3n) is 1.93. The minimum atomic E-state index is 0.110. The number of ether oxygens (including phenoxy) is 2. The second kappa shape index (κ2) is 7.06. The molecule has 0 radical (unpaired) electrons. The smallest absolute Gasteiger partial charge is 0.226 e. The number of hydrogen-bond donors (Lipinski definition) is 1. The maximum absolute atomic E-state index is 5.50. The molecule has 0 aliphatic carbocycles. The molecule has 5 heteroatoms. The van der Waals surface area contributed by atoms with E-state index in [1.54, 1.807) is 12.3 Å². The molecule has 0 aromatic carbocycles. The van der Waals surface area contributed by atoms with Crippen LogP contribution in [0.1, 0.15) is 27.7 Å². The lowest BCUT2D eigenvalue weighted by molar-refractivity contribution is 0.141. The number of nitrogens with one attached hydrogen (secondary N) is 1. The Balaban J connectivity index is 2.53. The lowest BCUT2D eigenvalue weighted by Crippen LogP contribution is -2.23. The molecule has 1 heterocycles. The van der Waals surface area contributed by atoms with E-state index in [1.807, 2.05) is 27.7 Å². The van der Waals surface area contributed by atoms with Gasteiger partial charge in [-0.2, -0.15) is 4.98 Å². The number of rotatable bonds is 7. The lowest BCUT2D eigenvalue weighted by atomic mass is 10.4. The van der Waals surface area contributed by atoms with Gasteiger partial charge in [-0.15, -0.1) is 0 Å². The maximum atomic E-state index is 5.50. The summed E-state index contributed by atoms with van der Waals surface area (Å²) in [5.41, 5.74) is 0. The van der Waals surface area contributed by atoms with E-state index < -0.39 is 0 Å². The van der Waals surface area contributed by atoms with Crippen LogP contribution in [0, 0.1) is 0 Å². The maximum Gasteiger partial charge on any atom is 0.226 e. The zero-order valence-electron chi connectivity index (χ0n) is 10.9. The summed E-state index contributed by atoms with van der Waals surface area (Å²) < 4.78 is 10.8. The Kier molecular flexibility index (Phi) is 5.69. The van der Waals surface area contributed by atoms with Gasteiger partial charge in [0, 0.05) is 24.9 Å². The molecule has 0 aliphatic rings. The zero-order valence-corrected chi connectivity index (χ0v) is 10.9. The Morgan fingerprint density at radius 1 is 1.35 bits per heavy atom. The van der Waals surface area contributed by atoms with E-state index in [9.17, 15) is 0 Å². The van der Waals surface area contributed by atoms with Crippen molar-refractivity contribution < 1.29 is 9.47 Å². The van der Waals surface area contributed by atoms with Gasteiger partial charge in [0.15, 0.2) is 0 Å². The van der Waals surface area contributed by atoms with Crippen LogP contribution in [-0.4, -0.2) is 35.3 Å². The molecule has 0 saturated carbocycles. The average Bonchev–Trinajstić information content (AvgIpc) is 2.26. The van der Waals surface area contributed by atoms with Crippen LogP contribution in [0.2, 0.25) is 0 Å². The van der Waals surface area contributed by atoms with Crippen LogP contribution >= 0.6 is 0 Å². The summed E-state index contributed by atoms with van der Waals surface area (Å²) in [5, 5.41) is 3.16. The molecule has 1 rings (SSSR count). The van der Waals surface area contributed by atoms with E-state index >= 15 is 0 Å². The first-order chi connectivity index (χ1) is 8.11. The zero-order chi connectivity index (χ0) is 12.7. The first-order valence-electron chi connectivity index (χ1n) is 5.95. The van der Waals surface area contributed by atoms with Gasteiger partial charge < -0.3 is 14.8 Å². The van der Waals surface area contributed by atoms with Gasteiger partial charge in [0.25, 0.3) is 0 Å². The van der Waals surface area contributed by atoms with Crippen LogP contribution in [0.15, 0.2) is 12.3 Å². The van der Waals surface area contributed by atoms with Gasteiger partial charge in [0.2, 0.25) is 11.8 Å². The third kappa shape index (κ3) is 5.49. The molecule has 0 spiro atoms. The molecule has 0 fully saturated rings.